The molecule has 4 rings (SSSR count). The average molecular weight is 421 g/mol. The molecule has 0 spiro atoms. The summed E-state index contributed by atoms with van der Waals surface area (Å²) in [6.07, 6.45) is 2.22. The molecule has 1 saturated heterocycles. The van der Waals surface area contributed by atoms with E-state index in [-0.39, 0.29) is 11.1 Å². The van der Waals surface area contributed by atoms with Gasteiger partial charge < -0.3 is 15.1 Å². The number of fused-ring (bicyclic) bond motifs is 1. The molecule has 0 unspecified atom stereocenters. The Kier molecular flexibility index (Phi) is 5.90. The van der Waals surface area contributed by atoms with E-state index < -0.39 is 0 Å². The number of nitrogens with zero attached hydrogens (tertiary/aromatic N) is 3. The first-order valence-electron chi connectivity index (χ1n) is 9.96. The number of hydrogen-bond donors (Lipinski definition) is 1. The second-order valence-electron chi connectivity index (χ2n) is 7.49. The fraction of sp³-hybridized carbons (Fsp3) is 0.261. The fourth-order valence-corrected chi connectivity index (χ4v) is 4.10. The molecule has 2 heterocycles. The van der Waals surface area contributed by atoms with Crippen LogP contribution in [0.5, 0.6) is 0 Å². The molecule has 2 aromatic carbocycles. The van der Waals surface area contributed by atoms with Crippen molar-refractivity contribution in [1.29, 1.82) is 0 Å². The summed E-state index contributed by atoms with van der Waals surface area (Å²) in [5, 5.41) is 3.89. The summed E-state index contributed by atoms with van der Waals surface area (Å²) in [6.45, 7) is 1.83. The van der Waals surface area contributed by atoms with Crippen LogP contribution in [0.2, 0.25) is 0 Å². The smallest absolute Gasteiger partial charge is 0.285 e. The van der Waals surface area contributed by atoms with E-state index in [1.54, 1.807) is 14.1 Å². The van der Waals surface area contributed by atoms with Crippen LogP contribution >= 0.6 is 11.8 Å². The number of carbonyl (C=O) groups is 2. The lowest BCUT2D eigenvalue weighted by atomic mass is 10.1. The summed E-state index contributed by atoms with van der Waals surface area (Å²) in [4.78, 5) is 34.3. The van der Waals surface area contributed by atoms with Gasteiger partial charge in [0.25, 0.3) is 11.1 Å². The van der Waals surface area contributed by atoms with Gasteiger partial charge in [-0.3, -0.25) is 9.59 Å². The molecule has 3 aromatic rings. The maximum absolute atomic E-state index is 13.1. The molecule has 1 aliphatic rings. The highest BCUT2D eigenvalue weighted by Crippen LogP contribution is 2.28. The third kappa shape index (κ3) is 4.41. The molecule has 0 radical (unpaired) electrons. The first-order valence-corrected chi connectivity index (χ1v) is 10.8. The topological polar surface area (TPSA) is 65.5 Å². The zero-order valence-corrected chi connectivity index (χ0v) is 17.9. The zero-order chi connectivity index (χ0) is 21.1. The number of carbonyl (C=O) groups excluding carboxylic acids is 2. The molecule has 30 heavy (non-hydrogen) atoms. The monoisotopic (exact) mass is 420 g/mol. The number of hydrogen-bond acceptors (Lipinski definition) is 5. The molecule has 1 aromatic heterocycles. The Morgan fingerprint density at radius 3 is 2.43 bits per heavy atom. The minimum Gasteiger partial charge on any atom is -0.356 e. The number of anilines is 2. The van der Waals surface area contributed by atoms with E-state index in [1.165, 1.54) is 4.90 Å². The molecule has 1 N–H and O–H groups in total. The Morgan fingerprint density at radius 1 is 1.03 bits per heavy atom. The van der Waals surface area contributed by atoms with Gasteiger partial charge in [-0.25, -0.2) is 4.98 Å². The Morgan fingerprint density at radius 2 is 1.73 bits per heavy atom. The van der Waals surface area contributed by atoms with Gasteiger partial charge in [-0.05, 0) is 61.0 Å². The Hall–Kier alpha value is -3.06. The molecule has 0 bridgehead atoms. The number of amides is 2. The first kappa shape index (κ1) is 20.2. The molecule has 0 atom stereocenters. The van der Waals surface area contributed by atoms with Crippen LogP contribution < -0.4 is 10.2 Å². The maximum Gasteiger partial charge on any atom is 0.285 e. The predicted octanol–water partition coefficient (Wildman–Crippen LogP) is 4.86. The van der Waals surface area contributed by atoms with Gasteiger partial charge in [-0.1, -0.05) is 18.2 Å². The van der Waals surface area contributed by atoms with Gasteiger partial charge in [-0.15, -0.1) is 0 Å². The van der Waals surface area contributed by atoms with Gasteiger partial charge in [0.1, 0.15) is 5.82 Å². The standard InChI is InChI=1S/C23H24N4O2S/c1-26(2)23(29)30-18-11-9-17(10-12-18)24-22(28)19-15-16-7-3-4-8-20(16)25-21(19)27-13-5-6-14-27/h3-4,7-12,15H,5-6,13-14H2,1-2H3,(H,24,28). The van der Waals surface area contributed by atoms with Gasteiger partial charge in [0.05, 0.1) is 11.1 Å². The molecule has 154 valence electrons. The lowest BCUT2D eigenvalue weighted by molar-refractivity contribution is 0.102. The van der Waals surface area contributed by atoms with Gasteiger partial charge in [0, 0.05) is 43.2 Å². The van der Waals surface area contributed by atoms with Crippen molar-refractivity contribution in [1.82, 2.24) is 9.88 Å². The van der Waals surface area contributed by atoms with Gasteiger partial charge in [-0.2, -0.15) is 0 Å². The highest BCUT2D eigenvalue weighted by atomic mass is 32.2. The summed E-state index contributed by atoms with van der Waals surface area (Å²) in [5.41, 5.74) is 2.15. The highest BCUT2D eigenvalue weighted by molar-refractivity contribution is 8.13. The average Bonchev–Trinajstić information content (AvgIpc) is 3.29. The van der Waals surface area contributed by atoms with Crippen LogP contribution in [0.4, 0.5) is 16.3 Å². The third-order valence-electron chi connectivity index (χ3n) is 5.04. The van der Waals surface area contributed by atoms with Gasteiger partial charge in [0.15, 0.2) is 0 Å². The Bertz CT molecular complexity index is 1080. The van der Waals surface area contributed by atoms with Crippen LogP contribution in [0.15, 0.2) is 59.5 Å². The largest absolute Gasteiger partial charge is 0.356 e. The quantitative estimate of drug-likeness (QED) is 0.611. The first-order chi connectivity index (χ1) is 14.5. The van der Waals surface area contributed by atoms with E-state index in [0.29, 0.717) is 11.3 Å². The summed E-state index contributed by atoms with van der Waals surface area (Å²) < 4.78 is 0. The molecule has 2 amide bonds. The number of nitrogens with one attached hydrogen (secondary N) is 1. The van der Waals surface area contributed by atoms with Crippen molar-refractivity contribution in [3.05, 3.63) is 60.2 Å². The van der Waals surface area contributed by atoms with Crippen LogP contribution in [0.1, 0.15) is 23.2 Å². The molecule has 0 saturated carbocycles. The van der Waals surface area contributed by atoms with Gasteiger partial charge in [0.2, 0.25) is 0 Å². The zero-order valence-electron chi connectivity index (χ0n) is 17.1. The molecule has 1 fully saturated rings. The maximum atomic E-state index is 13.1. The van der Waals surface area contributed by atoms with Crippen molar-refractivity contribution in [2.75, 3.05) is 37.4 Å². The van der Waals surface area contributed by atoms with Crippen molar-refractivity contribution in [3.63, 3.8) is 0 Å². The van der Waals surface area contributed by atoms with Crippen LogP contribution in [0.25, 0.3) is 10.9 Å². The van der Waals surface area contributed by atoms with E-state index in [9.17, 15) is 9.59 Å². The Labute approximate surface area is 180 Å². The summed E-state index contributed by atoms with van der Waals surface area (Å²) >= 11 is 1.15. The van der Waals surface area contributed by atoms with Crippen LogP contribution in [-0.2, 0) is 0 Å². The molecule has 0 aliphatic carbocycles. The number of thioether (sulfide) groups is 1. The van der Waals surface area contributed by atoms with Crippen molar-refractivity contribution in [2.45, 2.75) is 17.7 Å². The fourth-order valence-electron chi connectivity index (χ4n) is 3.44. The number of rotatable bonds is 4. The molecule has 7 heteroatoms. The lowest BCUT2D eigenvalue weighted by Gasteiger charge is -2.20. The second kappa shape index (κ2) is 8.75. The number of para-hydroxylation sites is 1. The second-order valence-corrected chi connectivity index (χ2v) is 8.51. The normalized spacial score (nSPS) is 13.5. The van der Waals surface area contributed by atoms with Crippen molar-refractivity contribution in [2.24, 2.45) is 0 Å². The summed E-state index contributed by atoms with van der Waals surface area (Å²) in [6, 6.07) is 17.1. The minimum atomic E-state index is -0.181. The van der Waals surface area contributed by atoms with E-state index in [4.69, 9.17) is 4.98 Å². The lowest BCUT2D eigenvalue weighted by Crippen LogP contribution is -2.24. The van der Waals surface area contributed by atoms with Crippen molar-refractivity contribution in [3.8, 4) is 0 Å². The highest BCUT2D eigenvalue weighted by Gasteiger charge is 2.22. The summed E-state index contributed by atoms with van der Waals surface area (Å²) in [5.74, 6) is 0.562. The molecular formula is C23H24N4O2S. The van der Waals surface area contributed by atoms with E-state index >= 15 is 0 Å². The number of pyridine rings is 1. The van der Waals surface area contributed by atoms with E-state index in [1.807, 2.05) is 54.6 Å². The summed E-state index contributed by atoms with van der Waals surface area (Å²) in [7, 11) is 3.44. The molecular weight excluding hydrogens is 396 g/mol. The third-order valence-corrected chi connectivity index (χ3v) is 6.08. The van der Waals surface area contributed by atoms with Crippen LogP contribution in [0.3, 0.4) is 0 Å². The number of benzene rings is 2. The van der Waals surface area contributed by atoms with Crippen LogP contribution in [0, 0.1) is 0 Å². The Balaban J connectivity index is 1.58. The van der Waals surface area contributed by atoms with Crippen LogP contribution in [-0.4, -0.2) is 48.2 Å². The van der Waals surface area contributed by atoms with Crippen molar-refractivity contribution < 1.29 is 9.59 Å². The number of aromatic nitrogens is 1. The minimum absolute atomic E-state index is 0.0377. The van der Waals surface area contributed by atoms with Crippen molar-refractivity contribution >= 4 is 45.3 Å². The van der Waals surface area contributed by atoms with E-state index in [2.05, 4.69) is 10.2 Å². The van der Waals surface area contributed by atoms with E-state index in [0.717, 1.165) is 59.3 Å². The van der Waals surface area contributed by atoms with Gasteiger partial charge >= 0.3 is 0 Å². The molecule has 1 aliphatic heterocycles. The molecule has 6 nitrogen and oxygen atoms in total. The predicted molar refractivity (Wildman–Crippen MR) is 123 cm³/mol. The SMILES string of the molecule is CN(C)C(=O)Sc1ccc(NC(=O)c2cc3ccccc3nc2N2CCCC2)cc1.